The summed E-state index contributed by atoms with van der Waals surface area (Å²) in [5, 5.41) is 10.4. The van der Waals surface area contributed by atoms with E-state index >= 15 is 0 Å². The molecule has 28 heavy (non-hydrogen) atoms. The van der Waals surface area contributed by atoms with Crippen LogP contribution < -0.4 is 5.32 Å². The molecule has 0 unspecified atom stereocenters. The third-order valence-electron chi connectivity index (χ3n) is 4.95. The van der Waals surface area contributed by atoms with Crippen molar-refractivity contribution in [1.29, 1.82) is 0 Å². The minimum absolute atomic E-state index is 0.109. The summed E-state index contributed by atoms with van der Waals surface area (Å²) >= 11 is 7.63. The van der Waals surface area contributed by atoms with E-state index in [1.807, 2.05) is 35.7 Å². The summed E-state index contributed by atoms with van der Waals surface area (Å²) in [4.78, 5) is 16.4. The minimum atomic E-state index is -0.109. The summed E-state index contributed by atoms with van der Waals surface area (Å²) in [6.07, 6.45) is 3.82. The number of carbonyl (C=O) groups is 1. The van der Waals surface area contributed by atoms with Gasteiger partial charge in [0.2, 0.25) is 0 Å². The summed E-state index contributed by atoms with van der Waals surface area (Å²) in [6.45, 7) is 3.78. The Hall–Kier alpha value is -2.15. The molecule has 3 aromatic rings. The van der Waals surface area contributed by atoms with Gasteiger partial charge in [0.15, 0.2) is 0 Å². The lowest BCUT2D eigenvalue weighted by atomic mass is 10.1. The molecule has 0 aliphatic carbocycles. The lowest BCUT2D eigenvalue weighted by Gasteiger charge is -2.26. The number of piperidine rings is 1. The summed E-state index contributed by atoms with van der Waals surface area (Å²) in [7, 11) is 0. The fourth-order valence-electron chi connectivity index (χ4n) is 3.47. The van der Waals surface area contributed by atoms with Gasteiger partial charge in [-0.15, -0.1) is 11.3 Å². The summed E-state index contributed by atoms with van der Waals surface area (Å²) in [5.41, 5.74) is 2.14. The molecule has 4 rings (SSSR count). The zero-order chi connectivity index (χ0) is 19.3. The zero-order valence-electron chi connectivity index (χ0n) is 15.6. The molecule has 146 valence electrons. The van der Waals surface area contributed by atoms with Crippen molar-refractivity contribution in [2.75, 3.05) is 26.2 Å². The average molecular weight is 415 g/mol. The Morgan fingerprint density at radius 2 is 1.93 bits per heavy atom. The van der Waals surface area contributed by atoms with Crippen LogP contribution in [0.5, 0.6) is 0 Å². The standard InChI is InChI=1S/C21H23ClN4OS/c22-16-6-8-17(9-7-16)26-19(15-18(24-26)20-5-4-14-28-20)21(27)23-10-13-25-11-2-1-3-12-25/h4-9,14-15H,1-3,10-13H2,(H,23,27). The Morgan fingerprint density at radius 1 is 1.14 bits per heavy atom. The maximum absolute atomic E-state index is 12.9. The molecular formula is C21H23ClN4OS. The smallest absolute Gasteiger partial charge is 0.270 e. The van der Waals surface area contributed by atoms with E-state index in [-0.39, 0.29) is 5.91 Å². The molecule has 1 saturated heterocycles. The number of nitrogens with one attached hydrogen (secondary N) is 1. The third-order valence-corrected chi connectivity index (χ3v) is 6.09. The summed E-state index contributed by atoms with van der Waals surface area (Å²) in [5.74, 6) is -0.109. The van der Waals surface area contributed by atoms with Gasteiger partial charge in [-0.05, 0) is 67.7 Å². The van der Waals surface area contributed by atoms with Crippen LogP contribution in [0.3, 0.4) is 0 Å². The van der Waals surface area contributed by atoms with Crippen LogP contribution in [0.15, 0.2) is 47.8 Å². The molecule has 1 N–H and O–H groups in total. The van der Waals surface area contributed by atoms with Crippen LogP contribution in [0.2, 0.25) is 5.02 Å². The molecule has 0 radical (unpaired) electrons. The first-order valence-electron chi connectivity index (χ1n) is 9.61. The zero-order valence-corrected chi connectivity index (χ0v) is 17.2. The highest BCUT2D eigenvalue weighted by Crippen LogP contribution is 2.26. The number of hydrogen-bond donors (Lipinski definition) is 1. The van der Waals surface area contributed by atoms with Crippen LogP contribution in [0.25, 0.3) is 16.3 Å². The number of hydrogen-bond acceptors (Lipinski definition) is 4. The minimum Gasteiger partial charge on any atom is -0.349 e. The van der Waals surface area contributed by atoms with Gasteiger partial charge in [-0.25, -0.2) is 4.68 Å². The van der Waals surface area contributed by atoms with Crippen LogP contribution >= 0.6 is 22.9 Å². The number of carbonyl (C=O) groups excluding carboxylic acids is 1. The van der Waals surface area contributed by atoms with Gasteiger partial charge < -0.3 is 10.2 Å². The molecule has 7 heteroatoms. The largest absolute Gasteiger partial charge is 0.349 e. The second-order valence-electron chi connectivity index (χ2n) is 6.94. The topological polar surface area (TPSA) is 50.2 Å². The molecule has 0 bridgehead atoms. The van der Waals surface area contributed by atoms with Gasteiger partial charge in [-0.3, -0.25) is 4.79 Å². The summed E-state index contributed by atoms with van der Waals surface area (Å²) < 4.78 is 1.70. The van der Waals surface area contributed by atoms with E-state index < -0.39 is 0 Å². The predicted octanol–water partition coefficient (Wildman–Crippen LogP) is 4.47. The highest BCUT2D eigenvalue weighted by Gasteiger charge is 2.18. The Bertz CT molecular complexity index is 915. The Balaban J connectivity index is 1.53. The number of likely N-dealkylation sites (tertiary alicyclic amines) is 1. The van der Waals surface area contributed by atoms with Gasteiger partial charge in [0.05, 0.1) is 10.6 Å². The second-order valence-corrected chi connectivity index (χ2v) is 8.32. The van der Waals surface area contributed by atoms with E-state index in [1.165, 1.54) is 19.3 Å². The van der Waals surface area contributed by atoms with Gasteiger partial charge in [0.1, 0.15) is 11.4 Å². The molecule has 0 saturated carbocycles. The maximum atomic E-state index is 12.9. The van der Waals surface area contributed by atoms with E-state index in [0.717, 1.165) is 35.9 Å². The van der Waals surface area contributed by atoms with Crippen molar-refractivity contribution in [2.24, 2.45) is 0 Å². The van der Waals surface area contributed by atoms with Crippen molar-refractivity contribution in [3.8, 4) is 16.3 Å². The van der Waals surface area contributed by atoms with Gasteiger partial charge in [-0.2, -0.15) is 5.10 Å². The first-order chi connectivity index (χ1) is 13.7. The molecule has 3 heterocycles. The number of aromatic nitrogens is 2. The number of benzene rings is 1. The van der Waals surface area contributed by atoms with E-state index in [2.05, 4.69) is 15.3 Å². The van der Waals surface area contributed by atoms with Crippen molar-refractivity contribution >= 4 is 28.8 Å². The van der Waals surface area contributed by atoms with E-state index in [1.54, 1.807) is 28.2 Å². The molecule has 0 spiro atoms. The number of amides is 1. The monoisotopic (exact) mass is 414 g/mol. The fourth-order valence-corrected chi connectivity index (χ4v) is 4.28. The van der Waals surface area contributed by atoms with Crippen LogP contribution in [0, 0.1) is 0 Å². The molecule has 1 aromatic carbocycles. The molecule has 0 atom stereocenters. The number of rotatable bonds is 6. The SMILES string of the molecule is O=C(NCCN1CCCCC1)c1cc(-c2cccs2)nn1-c1ccc(Cl)cc1. The van der Waals surface area contributed by atoms with Gasteiger partial charge in [0, 0.05) is 18.1 Å². The Labute approximate surface area is 173 Å². The van der Waals surface area contributed by atoms with Gasteiger partial charge in [-0.1, -0.05) is 24.1 Å². The highest BCUT2D eigenvalue weighted by molar-refractivity contribution is 7.13. The third kappa shape index (κ3) is 4.46. The van der Waals surface area contributed by atoms with Crippen LogP contribution in [0.4, 0.5) is 0 Å². The second kappa shape index (κ2) is 8.90. The normalized spacial score (nSPS) is 14.9. The predicted molar refractivity (Wildman–Crippen MR) is 115 cm³/mol. The van der Waals surface area contributed by atoms with Crippen molar-refractivity contribution < 1.29 is 4.79 Å². The van der Waals surface area contributed by atoms with Crippen LogP contribution in [-0.2, 0) is 0 Å². The molecule has 1 amide bonds. The lowest BCUT2D eigenvalue weighted by Crippen LogP contribution is -2.38. The number of nitrogens with zero attached hydrogens (tertiary/aromatic N) is 3. The van der Waals surface area contributed by atoms with Crippen molar-refractivity contribution in [3.63, 3.8) is 0 Å². The number of thiophene rings is 1. The molecule has 5 nitrogen and oxygen atoms in total. The van der Waals surface area contributed by atoms with Gasteiger partial charge in [0.25, 0.3) is 5.91 Å². The molecule has 2 aromatic heterocycles. The molecule has 1 aliphatic rings. The maximum Gasteiger partial charge on any atom is 0.270 e. The number of halogens is 1. The lowest BCUT2D eigenvalue weighted by molar-refractivity contribution is 0.0939. The molecule has 1 aliphatic heterocycles. The van der Waals surface area contributed by atoms with Crippen molar-refractivity contribution in [3.05, 3.63) is 58.6 Å². The average Bonchev–Trinajstić information content (AvgIpc) is 3.39. The highest BCUT2D eigenvalue weighted by atomic mass is 35.5. The van der Waals surface area contributed by atoms with E-state index in [4.69, 9.17) is 11.6 Å². The summed E-state index contributed by atoms with van der Waals surface area (Å²) in [6, 6.07) is 13.2. The van der Waals surface area contributed by atoms with Crippen molar-refractivity contribution in [1.82, 2.24) is 20.0 Å². The molecular weight excluding hydrogens is 392 g/mol. The Morgan fingerprint density at radius 3 is 2.64 bits per heavy atom. The van der Waals surface area contributed by atoms with Crippen molar-refractivity contribution in [2.45, 2.75) is 19.3 Å². The fraction of sp³-hybridized carbons (Fsp3) is 0.333. The molecule has 1 fully saturated rings. The Kier molecular flexibility index (Phi) is 6.10. The van der Waals surface area contributed by atoms with Gasteiger partial charge >= 0.3 is 0 Å². The van der Waals surface area contributed by atoms with E-state index in [0.29, 0.717) is 17.3 Å². The first-order valence-corrected chi connectivity index (χ1v) is 10.9. The quantitative estimate of drug-likeness (QED) is 0.647. The van der Waals surface area contributed by atoms with Crippen LogP contribution in [0.1, 0.15) is 29.8 Å². The van der Waals surface area contributed by atoms with E-state index in [9.17, 15) is 4.79 Å². The van der Waals surface area contributed by atoms with Crippen LogP contribution in [-0.4, -0.2) is 46.8 Å². The first kappa shape index (κ1) is 19.2.